The van der Waals surface area contributed by atoms with Gasteiger partial charge in [-0.1, -0.05) is 23.7 Å². The maximum atomic E-state index is 13.8. The molecule has 0 bridgehead atoms. The number of carbonyl (C=O) groups excluding carboxylic acids is 2. The molecule has 0 radical (unpaired) electrons. The molecule has 7 heteroatoms. The van der Waals surface area contributed by atoms with Crippen molar-refractivity contribution in [3.63, 3.8) is 0 Å². The van der Waals surface area contributed by atoms with E-state index in [-0.39, 0.29) is 17.6 Å². The Kier molecular flexibility index (Phi) is 6.30. The van der Waals surface area contributed by atoms with Crippen molar-refractivity contribution in [2.24, 2.45) is 5.92 Å². The molecule has 6 nitrogen and oxygen atoms in total. The molecule has 1 amide bonds. The SMILES string of the molecule is O=C(c1ccc2c(c1)OCCO2)C1CCN(C(=O)C2(c3ccc(Cl)cc3)CCOCC2)CC1. The lowest BCUT2D eigenvalue weighted by molar-refractivity contribution is -0.142. The number of halogens is 1. The highest BCUT2D eigenvalue weighted by Gasteiger charge is 2.45. The van der Waals surface area contributed by atoms with Crippen LogP contribution >= 0.6 is 11.6 Å². The average molecular weight is 470 g/mol. The number of likely N-dealkylation sites (tertiary alicyclic amines) is 1. The third-order valence-corrected chi connectivity index (χ3v) is 7.38. The monoisotopic (exact) mass is 469 g/mol. The summed E-state index contributed by atoms with van der Waals surface area (Å²) in [6, 6.07) is 13.0. The van der Waals surface area contributed by atoms with E-state index < -0.39 is 5.41 Å². The Balaban J connectivity index is 1.28. The van der Waals surface area contributed by atoms with E-state index in [2.05, 4.69) is 0 Å². The lowest BCUT2D eigenvalue weighted by atomic mass is 9.72. The number of hydrogen-bond acceptors (Lipinski definition) is 5. The Bertz CT molecular complexity index is 1020. The molecule has 3 aliphatic rings. The molecule has 2 fully saturated rings. The average Bonchev–Trinajstić information content (AvgIpc) is 2.88. The van der Waals surface area contributed by atoms with E-state index in [0.717, 1.165) is 5.56 Å². The number of ether oxygens (including phenoxy) is 3. The van der Waals surface area contributed by atoms with Crippen molar-refractivity contribution >= 4 is 23.3 Å². The van der Waals surface area contributed by atoms with Gasteiger partial charge in [0.15, 0.2) is 17.3 Å². The van der Waals surface area contributed by atoms with Crippen LogP contribution in [0.1, 0.15) is 41.6 Å². The molecule has 2 aromatic carbocycles. The topological polar surface area (TPSA) is 65.1 Å². The van der Waals surface area contributed by atoms with Gasteiger partial charge in [0, 0.05) is 42.8 Å². The number of piperidine rings is 1. The van der Waals surface area contributed by atoms with Crippen molar-refractivity contribution in [2.75, 3.05) is 39.5 Å². The van der Waals surface area contributed by atoms with Crippen molar-refractivity contribution in [3.05, 3.63) is 58.6 Å². The van der Waals surface area contributed by atoms with Crippen LogP contribution in [0.15, 0.2) is 42.5 Å². The molecular formula is C26H28ClNO5. The Morgan fingerprint density at radius 1 is 0.879 bits per heavy atom. The number of carbonyl (C=O) groups is 2. The van der Waals surface area contributed by atoms with Crippen molar-refractivity contribution in [1.29, 1.82) is 0 Å². The second-order valence-corrected chi connectivity index (χ2v) is 9.43. The number of rotatable bonds is 4. The van der Waals surface area contributed by atoms with Crippen molar-refractivity contribution < 1.29 is 23.8 Å². The van der Waals surface area contributed by atoms with Crippen LogP contribution in [0.3, 0.4) is 0 Å². The van der Waals surface area contributed by atoms with Gasteiger partial charge >= 0.3 is 0 Å². The summed E-state index contributed by atoms with van der Waals surface area (Å²) in [5, 5.41) is 0.659. The van der Waals surface area contributed by atoms with Crippen LogP contribution in [0.5, 0.6) is 11.5 Å². The lowest BCUT2D eigenvalue weighted by Crippen LogP contribution is -2.52. The third kappa shape index (κ3) is 4.34. The van der Waals surface area contributed by atoms with Gasteiger partial charge < -0.3 is 19.1 Å². The van der Waals surface area contributed by atoms with Crippen LogP contribution in [-0.2, 0) is 14.9 Å². The van der Waals surface area contributed by atoms with Crippen molar-refractivity contribution in [2.45, 2.75) is 31.1 Å². The largest absolute Gasteiger partial charge is 0.486 e. The molecule has 0 unspecified atom stereocenters. The third-order valence-electron chi connectivity index (χ3n) is 7.13. The molecular weight excluding hydrogens is 442 g/mol. The summed E-state index contributed by atoms with van der Waals surface area (Å²) in [5.74, 6) is 1.46. The molecule has 2 saturated heterocycles. The van der Waals surface area contributed by atoms with E-state index in [1.54, 1.807) is 12.1 Å². The smallest absolute Gasteiger partial charge is 0.233 e. The van der Waals surface area contributed by atoms with E-state index in [1.165, 1.54) is 0 Å². The number of benzene rings is 2. The first kappa shape index (κ1) is 22.2. The number of Topliss-reactive ketones (excluding diaryl/α,β-unsaturated/α-hetero) is 1. The Hall–Kier alpha value is -2.57. The maximum Gasteiger partial charge on any atom is 0.233 e. The molecule has 174 valence electrons. The summed E-state index contributed by atoms with van der Waals surface area (Å²) >= 11 is 6.09. The van der Waals surface area contributed by atoms with Crippen molar-refractivity contribution in [1.82, 2.24) is 4.90 Å². The molecule has 0 aromatic heterocycles. The first-order valence-corrected chi connectivity index (χ1v) is 12.0. The van der Waals surface area contributed by atoms with Gasteiger partial charge in [-0.15, -0.1) is 0 Å². The summed E-state index contributed by atoms with van der Waals surface area (Å²) in [4.78, 5) is 28.9. The molecule has 0 saturated carbocycles. The fraction of sp³-hybridized carbons (Fsp3) is 0.462. The fourth-order valence-electron chi connectivity index (χ4n) is 5.19. The van der Waals surface area contributed by atoms with Crippen LogP contribution in [-0.4, -0.2) is 56.1 Å². The van der Waals surface area contributed by atoms with Gasteiger partial charge in [-0.25, -0.2) is 0 Å². The number of fused-ring (bicyclic) bond motifs is 1. The second kappa shape index (κ2) is 9.35. The van der Waals surface area contributed by atoms with Crippen LogP contribution < -0.4 is 9.47 Å². The highest BCUT2D eigenvalue weighted by Crippen LogP contribution is 2.39. The summed E-state index contributed by atoms with van der Waals surface area (Å²) in [5.41, 5.74) is 1.05. The maximum absolute atomic E-state index is 13.8. The van der Waals surface area contributed by atoms with Gasteiger partial charge in [0.1, 0.15) is 13.2 Å². The summed E-state index contributed by atoms with van der Waals surface area (Å²) in [6.07, 6.45) is 2.63. The zero-order valence-corrected chi connectivity index (χ0v) is 19.3. The quantitative estimate of drug-likeness (QED) is 0.625. The molecule has 0 N–H and O–H groups in total. The van der Waals surface area contributed by atoms with Crippen LogP contribution in [0, 0.1) is 5.92 Å². The lowest BCUT2D eigenvalue weighted by Gasteiger charge is -2.42. The summed E-state index contributed by atoms with van der Waals surface area (Å²) < 4.78 is 16.8. The van der Waals surface area contributed by atoms with Gasteiger partial charge in [-0.05, 0) is 61.6 Å². The molecule has 0 spiro atoms. The minimum Gasteiger partial charge on any atom is -0.486 e. The fourth-order valence-corrected chi connectivity index (χ4v) is 5.32. The summed E-state index contributed by atoms with van der Waals surface area (Å²) in [7, 11) is 0. The van der Waals surface area contributed by atoms with Crippen LogP contribution in [0.25, 0.3) is 0 Å². The number of ketones is 1. The minimum atomic E-state index is -0.588. The molecule has 3 heterocycles. The molecule has 0 aliphatic carbocycles. The van der Waals surface area contributed by atoms with E-state index in [9.17, 15) is 9.59 Å². The molecule has 33 heavy (non-hydrogen) atoms. The first-order chi connectivity index (χ1) is 16.1. The molecule has 3 aliphatic heterocycles. The predicted molar refractivity (Wildman–Crippen MR) is 124 cm³/mol. The predicted octanol–water partition coefficient (Wildman–Crippen LogP) is 4.28. The first-order valence-electron chi connectivity index (χ1n) is 11.6. The second-order valence-electron chi connectivity index (χ2n) is 8.99. The normalized spacial score (nSPS) is 20.3. The van der Waals surface area contributed by atoms with Gasteiger partial charge in [0.25, 0.3) is 0 Å². The highest BCUT2D eigenvalue weighted by molar-refractivity contribution is 6.30. The van der Waals surface area contributed by atoms with E-state index in [0.29, 0.717) is 87.3 Å². The van der Waals surface area contributed by atoms with Crippen LogP contribution in [0.2, 0.25) is 5.02 Å². The van der Waals surface area contributed by atoms with Gasteiger partial charge in [0.2, 0.25) is 5.91 Å². The molecule has 0 atom stereocenters. The number of hydrogen-bond donors (Lipinski definition) is 0. The van der Waals surface area contributed by atoms with E-state index in [4.69, 9.17) is 25.8 Å². The van der Waals surface area contributed by atoms with E-state index in [1.807, 2.05) is 35.2 Å². The summed E-state index contributed by atoms with van der Waals surface area (Å²) in [6.45, 7) is 3.30. The highest BCUT2D eigenvalue weighted by atomic mass is 35.5. The number of nitrogens with zero attached hydrogens (tertiary/aromatic N) is 1. The Morgan fingerprint density at radius 3 is 2.24 bits per heavy atom. The van der Waals surface area contributed by atoms with Gasteiger partial charge in [0.05, 0.1) is 5.41 Å². The number of amides is 1. The zero-order chi connectivity index (χ0) is 22.8. The standard InChI is InChI=1S/C26H28ClNO5/c27-21-4-2-20(3-5-21)26(9-13-31-14-10-26)25(30)28-11-7-18(8-12-28)24(29)19-1-6-22-23(17-19)33-16-15-32-22/h1-6,17-18H,7-16H2. The van der Waals surface area contributed by atoms with E-state index >= 15 is 0 Å². The zero-order valence-electron chi connectivity index (χ0n) is 18.6. The van der Waals surface area contributed by atoms with Gasteiger partial charge in [-0.2, -0.15) is 0 Å². The van der Waals surface area contributed by atoms with Crippen LogP contribution in [0.4, 0.5) is 0 Å². The Morgan fingerprint density at radius 2 is 1.55 bits per heavy atom. The minimum absolute atomic E-state index is 0.0993. The Labute approximate surface area is 198 Å². The van der Waals surface area contributed by atoms with Crippen molar-refractivity contribution in [3.8, 4) is 11.5 Å². The molecule has 2 aromatic rings. The van der Waals surface area contributed by atoms with Gasteiger partial charge in [-0.3, -0.25) is 9.59 Å². The molecule has 5 rings (SSSR count).